The number of carbonyl (C=O) groups is 1. The van der Waals surface area contributed by atoms with Crippen LogP contribution in [0.4, 0.5) is 0 Å². The van der Waals surface area contributed by atoms with Crippen LogP contribution in [0.15, 0.2) is 83.1 Å². The molecule has 0 bridgehead atoms. The summed E-state index contributed by atoms with van der Waals surface area (Å²) >= 11 is 0. The second-order valence-corrected chi connectivity index (χ2v) is 8.32. The van der Waals surface area contributed by atoms with Gasteiger partial charge in [-0.05, 0) is 43.2 Å². The predicted molar refractivity (Wildman–Crippen MR) is 103 cm³/mol. The summed E-state index contributed by atoms with van der Waals surface area (Å²) in [5.74, 6) is -0.306. The van der Waals surface area contributed by atoms with E-state index in [-0.39, 0.29) is 10.7 Å². The Morgan fingerprint density at radius 1 is 1.00 bits per heavy atom. The Balaban J connectivity index is 2.13. The summed E-state index contributed by atoms with van der Waals surface area (Å²) in [5, 5.41) is 0. The maximum Gasteiger partial charge on any atom is 0.308 e. The average Bonchev–Trinajstić information content (AvgIpc) is 2.62. The van der Waals surface area contributed by atoms with E-state index in [1.54, 1.807) is 30.3 Å². The van der Waals surface area contributed by atoms with Crippen LogP contribution in [0.25, 0.3) is 0 Å². The van der Waals surface area contributed by atoms with Gasteiger partial charge in [0.1, 0.15) is 5.76 Å². The highest BCUT2D eigenvalue weighted by Gasteiger charge is 2.34. The highest BCUT2D eigenvalue weighted by atomic mass is 32.2. The lowest BCUT2D eigenvalue weighted by Crippen LogP contribution is -2.33. The molecule has 0 N–H and O–H groups in total. The maximum absolute atomic E-state index is 13.4. The lowest BCUT2D eigenvalue weighted by atomic mass is 9.97. The Hall–Kier alpha value is -2.86. The van der Waals surface area contributed by atoms with Crippen LogP contribution in [-0.2, 0) is 19.6 Å². The molecular weight excluding hydrogens is 362 g/mol. The lowest BCUT2D eigenvalue weighted by molar-refractivity contribution is -0.136. The first-order chi connectivity index (χ1) is 12.8. The van der Waals surface area contributed by atoms with Gasteiger partial charge in [0, 0.05) is 6.92 Å². The minimum Gasteiger partial charge on any atom is -0.425 e. The Morgan fingerprint density at radius 3 is 2.22 bits per heavy atom. The number of benzene rings is 2. The van der Waals surface area contributed by atoms with E-state index in [2.05, 4.69) is 0 Å². The number of carbonyl (C=O) groups excluding carboxylic acids is 1. The molecular formula is C21H21NO4S. The summed E-state index contributed by atoms with van der Waals surface area (Å²) in [4.78, 5) is 11.6. The van der Waals surface area contributed by atoms with Crippen molar-refractivity contribution in [2.24, 2.45) is 0 Å². The standard InChI is InChI=1S/C21H21NO4S/c1-15-9-11-20(12-10-15)27(24,25)22-14-19(26-17(3)23)13-16(2)21(22)18-7-5-4-6-8-18/h4-14,21H,1-3H3/t21-/m0/s1. The molecule has 27 heavy (non-hydrogen) atoms. The molecule has 0 amide bonds. The van der Waals surface area contributed by atoms with Crippen molar-refractivity contribution in [3.63, 3.8) is 0 Å². The van der Waals surface area contributed by atoms with Crippen molar-refractivity contribution >= 4 is 16.0 Å². The van der Waals surface area contributed by atoms with Gasteiger partial charge >= 0.3 is 5.97 Å². The summed E-state index contributed by atoms with van der Waals surface area (Å²) in [7, 11) is -3.85. The molecule has 0 unspecified atom stereocenters. The molecule has 0 fully saturated rings. The van der Waals surface area contributed by atoms with Gasteiger partial charge in [-0.3, -0.25) is 9.10 Å². The fraction of sp³-hybridized carbons (Fsp3) is 0.190. The number of nitrogens with zero attached hydrogens (tertiary/aromatic N) is 1. The Bertz CT molecular complexity index is 1010. The third-order valence-corrected chi connectivity index (χ3v) is 6.02. The maximum atomic E-state index is 13.4. The van der Waals surface area contributed by atoms with Crippen LogP contribution in [0.1, 0.15) is 31.0 Å². The molecule has 0 spiro atoms. The van der Waals surface area contributed by atoms with Crippen LogP contribution in [0.5, 0.6) is 0 Å². The third kappa shape index (κ3) is 3.95. The van der Waals surface area contributed by atoms with Gasteiger partial charge in [-0.25, -0.2) is 8.42 Å². The van der Waals surface area contributed by atoms with E-state index in [4.69, 9.17) is 4.74 Å². The number of ether oxygens (including phenoxy) is 1. The van der Waals surface area contributed by atoms with E-state index in [1.165, 1.54) is 17.4 Å². The molecule has 3 rings (SSSR count). The molecule has 5 nitrogen and oxygen atoms in total. The number of allylic oxidation sites excluding steroid dienone is 1. The van der Waals surface area contributed by atoms with Crippen LogP contribution in [0.2, 0.25) is 0 Å². The van der Waals surface area contributed by atoms with Crippen molar-refractivity contribution in [3.05, 3.63) is 89.3 Å². The molecule has 0 aromatic heterocycles. The SMILES string of the molecule is CC(=O)OC1=CN(S(=O)(=O)c2ccc(C)cc2)[C@H](c2ccccc2)C(C)=C1. The number of sulfonamides is 1. The third-order valence-electron chi connectivity index (χ3n) is 4.28. The number of rotatable bonds is 4. The molecule has 2 aromatic rings. The largest absolute Gasteiger partial charge is 0.425 e. The van der Waals surface area contributed by atoms with Gasteiger partial charge < -0.3 is 4.74 Å². The molecule has 1 atom stereocenters. The number of esters is 1. The quantitative estimate of drug-likeness (QED) is 0.746. The minimum absolute atomic E-state index is 0.183. The zero-order valence-electron chi connectivity index (χ0n) is 15.4. The molecule has 0 radical (unpaired) electrons. The van der Waals surface area contributed by atoms with Gasteiger partial charge in [-0.15, -0.1) is 0 Å². The molecule has 0 aliphatic carbocycles. The van der Waals surface area contributed by atoms with E-state index in [1.807, 2.05) is 44.2 Å². The Morgan fingerprint density at radius 2 is 1.63 bits per heavy atom. The van der Waals surface area contributed by atoms with Gasteiger partial charge in [0.25, 0.3) is 10.0 Å². The van der Waals surface area contributed by atoms with Gasteiger partial charge in [-0.1, -0.05) is 48.0 Å². The topological polar surface area (TPSA) is 63.7 Å². The monoisotopic (exact) mass is 383 g/mol. The summed E-state index contributed by atoms with van der Waals surface area (Å²) in [6.45, 7) is 5.01. The zero-order chi connectivity index (χ0) is 19.6. The van der Waals surface area contributed by atoms with Crippen LogP contribution in [0, 0.1) is 6.92 Å². The highest BCUT2D eigenvalue weighted by Crippen LogP contribution is 2.37. The minimum atomic E-state index is -3.85. The van der Waals surface area contributed by atoms with Crippen molar-refractivity contribution in [3.8, 4) is 0 Å². The molecule has 2 aromatic carbocycles. The molecule has 0 saturated carbocycles. The second-order valence-electron chi connectivity index (χ2n) is 6.47. The summed E-state index contributed by atoms with van der Waals surface area (Å²) < 4.78 is 33.2. The molecule has 1 heterocycles. The van der Waals surface area contributed by atoms with Gasteiger partial charge in [0.05, 0.1) is 17.1 Å². The summed E-state index contributed by atoms with van der Waals surface area (Å²) in [6.07, 6.45) is 3.07. The molecule has 1 aliphatic heterocycles. The van der Waals surface area contributed by atoms with E-state index in [9.17, 15) is 13.2 Å². The van der Waals surface area contributed by atoms with Crippen molar-refractivity contribution in [1.82, 2.24) is 4.31 Å². The van der Waals surface area contributed by atoms with Gasteiger partial charge in [0.15, 0.2) is 0 Å². The van der Waals surface area contributed by atoms with E-state index in [0.29, 0.717) is 0 Å². The lowest BCUT2D eigenvalue weighted by Gasteiger charge is -2.34. The number of hydrogen-bond acceptors (Lipinski definition) is 4. The molecule has 0 saturated heterocycles. The van der Waals surface area contributed by atoms with Crippen LogP contribution in [-0.4, -0.2) is 18.7 Å². The van der Waals surface area contributed by atoms with Crippen LogP contribution >= 0.6 is 0 Å². The fourth-order valence-corrected chi connectivity index (χ4v) is 4.58. The molecule has 140 valence electrons. The van der Waals surface area contributed by atoms with Crippen LogP contribution in [0.3, 0.4) is 0 Å². The summed E-state index contributed by atoms with van der Waals surface area (Å²) in [6, 6.07) is 15.5. The fourth-order valence-electron chi connectivity index (χ4n) is 3.05. The van der Waals surface area contributed by atoms with E-state index >= 15 is 0 Å². The van der Waals surface area contributed by atoms with Crippen molar-refractivity contribution in [1.29, 1.82) is 0 Å². The molecule has 1 aliphatic rings. The average molecular weight is 383 g/mol. The first-order valence-electron chi connectivity index (χ1n) is 8.52. The number of hydrogen-bond donors (Lipinski definition) is 0. The summed E-state index contributed by atoms with van der Waals surface area (Å²) in [5.41, 5.74) is 2.56. The number of aryl methyl sites for hydroxylation is 1. The van der Waals surface area contributed by atoms with E-state index < -0.39 is 22.0 Å². The Kier molecular flexibility index (Phi) is 5.19. The van der Waals surface area contributed by atoms with Gasteiger partial charge in [-0.2, -0.15) is 0 Å². The second kappa shape index (κ2) is 7.40. The van der Waals surface area contributed by atoms with Crippen molar-refractivity contribution in [2.45, 2.75) is 31.7 Å². The zero-order valence-corrected chi connectivity index (χ0v) is 16.2. The smallest absolute Gasteiger partial charge is 0.308 e. The first kappa shape index (κ1) is 18.9. The van der Waals surface area contributed by atoms with Crippen LogP contribution < -0.4 is 0 Å². The first-order valence-corrected chi connectivity index (χ1v) is 9.96. The van der Waals surface area contributed by atoms with Crippen molar-refractivity contribution < 1.29 is 17.9 Å². The predicted octanol–water partition coefficient (Wildman–Crippen LogP) is 4.09. The molecule has 6 heteroatoms. The van der Waals surface area contributed by atoms with E-state index in [0.717, 1.165) is 16.7 Å². The highest BCUT2D eigenvalue weighted by molar-refractivity contribution is 7.89. The van der Waals surface area contributed by atoms with Crippen molar-refractivity contribution in [2.75, 3.05) is 0 Å². The van der Waals surface area contributed by atoms with Gasteiger partial charge in [0.2, 0.25) is 0 Å². The Labute approximate surface area is 159 Å². The normalized spacial score (nSPS) is 17.1.